The van der Waals surface area contributed by atoms with Crippen molar-refractivity contribution in [2.45, 2.75) is 95.5 Å². The second-order valence-electron chi connectivity index (χ2n) is 14.4. The molecule has 61 heavy (non-hydrogen) atoms. The molecule has 12 nitrogen and oxygen atoms in total. The Balaban J connectivity index is 0.000000264. The molecule has 0 aromatic heterocycles. The highest BCUT2D eigenvalue weighted by atomic mass is 35.5. The summed E-state index contributed by atoms with van der Waals surface area (Å²) in [5.74, 6) is -3.20. The Morgan fingerprint density at radius 2 is 0.918 bits per heavy atom. The van der Waals surface area contributed by atoms with Gasteiger partial charge in [0.05, 0.1) is 50.2 Å². The third-order valence-electron chi connectivity index (χ3n) is 10.5. The van der Waals surface area contributed by atoms with E-state index in [1.165, 1.54) is 0 Å². The molecular formula is C45H50Cl4N2O10. The molecule has 2 saturated heterocycles. The smallest absolute Gasteiger partial charge is 0.306 e. The number of ether oxygens (including phenoxy) is 2. The molecular weight excluding hydrogens is 870 g/mol. The first-order valence-electron chi connectivity index (χ1n) is 19.3. The van der Waals surface area contributed by atoms with E-state index in [1.54, 1.807) is 94.7 Å². The van der Waals surface area contributed by atoms with Gasteiger partial charge in [0.15, 0.2) is 0 Å². The summed E-state index contributed by atoms with van der Waals surface area (Å²) in [6.45, 7) is 3.22. The Morgan fingerprint density at radius 3 is 1.20 bits per heavy atom. The fraction of sp³-hybridized carbons (Fsp3) is 0.378. The van der Waals surface area contributed by atoms with E-state index >= 15 is 0 Å². The van der Waals surface area contributed by atoms with Gasteiger partial charge in [-0.05, 0) is 83.6 Å². The lowest BCUT2D eigenvalue weighted by Gasteiger charge is -2.47. The van der Waals surface area contributed by atoms with Crippen molar-refractivity contribution in [3.8, 4) is 0 Å². The molecule has 4 N–H and O–H groups in total. The van der Waals surface area contributed by atoms with Crippen LogP contribution < -0.4 is 0 Å². The third-order valence-corrected chi connectivity index (χ3v) is 11.5. The SMILES string of the molecule is C.CC[C@@H](CO)N1C(=O)[C@@H](CC(=O)O)O[C@@H](c2cccc(Cl)c2)[C@H]1c1ccc(Cl)cc1.CC[C@@H](CO)N1C(=O)[C@H](CC(=O)O)O[C@@H](c2cccc(Cl)c2)[C@H]1c1ccc(Cl)cc1. The van der Waals surface area contributed by atoms with Gasteiger partial charge in [0.2, 0.25) is 0 Å². The summed E-state index contributed by atoms with van der Waals surface area (Å²) in [5, 5.41) is 40.7. The Bertz CT molecular complexity index is 1950. The number of hydrogen-bond acceptors (Lipinski definition) is 8. The maximum absolute atomic E-state index is 13.3. The van der Waals surface area contributed by atoms with Crippen LogP contribution in [0.3, 0.4) is 0 Å². The first-order valence-corrected chi connectivity index (χ1v) is 20.8. The Kier molecular flexibility index (Phi) is 18.4. The first-order chi connectivity index (χ1) is 28.7. The van der Waals surface area contributed by atoms with Gasteiger partial charge in [-0.3, -0.25) is 19.2 Å². The molecule has 2 amide bonds. The quantitative estimate of drug-likeness (QED) is 0.0955. The van der Waals surface area contributed by atoms with Gasteiger partial charge in [-0.25, -0.2) is 0 Å². The monoisotopic (exact) mass is 918 g/mol. The fourth-order valence-electron chi connectivity index (χ4n) is 7.63. The molecule has 2 heterocycles. The van der Waals surface area contributed by atoms with Crippen molar-refractivity contribution in [1.29, 1.82) is 0 Å². The van der Waals surface area contributed by atoms with Crippen molar-refractivity contribution in [2.24, 2.45) is 0 Å². The van der Waals surface area contributed by atoms with Crippen molar-refractivity contribution in [3.63, 3.8) is 0 Å². The Labute approximate surface area is 375 Å². The molecule has 0 radical (unpaired) electrons. The zero-order valence-electron chi connectivity index (χ0n) is 32.7. The molecule has 328 valence electrons. The van der Waals surface area contributed by atoms with Crippen molar-refractivity contribution in [2.75, 3.05) is 13.2 Å². The number of aliphatic hydroxyl groups excluding tert-OH is 2. The first kappa shape index (κ1) is 49.4. The number of morpholine rings is 2. The number of carboxylic acid groups (broad SMARTS) is 2. The normalized spacial score (nSPS) is 22.4. The van der Waals surface area contributed by atoms with Gasteiger partial charge in [-0.2, -0.15) is 0 Å². The highest BCUT2D eigenvalue weighted by Gasteiger charge is 2.48. The Morgan fingerprint density at radius 1 is 0.574 bits per heavy atom. The molecule has 16 heteroatoms. The molecule has 0 bridgehead atoms. The topological polar surface area (TPSA) is 174 Å². The van der Waals surface area contributed by atoms with E-state index in [-0.39, 0.29) is 20.6 Å². The van der Waals surface area contributed by atoms with Gasteiger partial charge >= 0.3 is 11.9 Å². The number of nitrogens with zero attached hydrogens (tertiary/aromatic N) is 2. The van der Waals surface area contributed by atoms with E-state index in [2.05, 4.69) is 0 Å². The van der Waals surface area contributed by atoms with Crippen molar-refractivity contribution in [3.05, 3.63) is 139 Å². The van der Waals surface area contributed by atoms with Crippen LogP contribution in [0.25, 0.3) is 0 Å². The molecule has 0 aliphatic carbocycles. The molecule has 2 aliphatic rings. The average Bonchev–Trinajstić information content (AvgIpc) is 3.22. The lowest BCUT2D eigenvalue weighted by atomic mass is 9.89. The van der Waals surface area contributed by atoms with Crippen LogP contribution in [-0.2, 0) is 28.7 Å². The van der Waals surface area contributed by atoms with Gasteiger partial charge in [-0.1, -0.05) is 116 Å². The Hall–Kier alpha value is -4.24. The minimum atomic E-state index is -1.17. The number of rotatable bonds is 14. The largest absolute Gasteiger partial charge is 0.481 e. The molecule has 0 saturated carbocycles. The number of aliphatic carboxylic acids is 2. The number of benzene rings is 4. The molecule has 2 aliphatic heterocycles. The van der Waals surface area contributed by atoms with Gasteiger partial charge in [0.1, 0.15) is 24.4 Å². The highest BCUT2D eigenvalue weighted by molar-refractivity contribution is 6.31. The summed E-state index contributed by atoms with van der Waals surface area (Å²) in [4.78, 5) is 52.5. The zero-order chi connectivity index (χ0) is 43.7. The van der Waals surface area contributed by atoms with E-state index in [4.69, 9.17) is 55.9 Å². The van der Waals surface area contributed by atoms with E-state index in [0.29, 0.717) is 44.1 Å². The second-order valence-corrected chi connectivity index (χ2v) is 16.1. The standard InChI is InChI=1S/2C22H23Cl2NO5.CH4/c2*1-2-17(12-26)25-20(13-6-8-15(23)9-7-13)21(14-4-3-5-16(24)10-14)30-18(22(25)29)11-19(27)28;/h2*3-10,17-18,20-21,26H,2,11-12H2,1H3,(H,27,28);1H4/t17-,18+,20+,21-;17-,18-,20+,21-;/m00./s1. The lowest BCUT2D eigenvalue weighted by Crippen LogP contribution is -2.56. The predicted octanol–water partition coefficient (Wildman–Crippen LogP) is 9.13. The lowest BCUT2D eigenvalue weighted by molar-refractivity contribution is -0.184. The molecule has 0 unspecified atom stereocenters. The van der Waals surface area contributed by atoms with Crippen molar-refractivity contribution >= 4 is 70.2 Å². The molecule has 0 spiro atoms. The summed E-state index contributed by atoms with van der Waals surface area (Å²) in [7, 11) is 0. The van der Waals surface area contributed by atoms with Crippen LogP contribution >= 0.6 is 46.4 Å². The van der Waals surface area contributed by atoms with Crippen LogP contribution in [0.5, 0.6) is 0 Å². The number of aliphatic hydroxyl groups is 2. The van der Waals surface area contributed by atoms with Crippen molar-refractivity contribution in [1.82, 2.24) is 9.80 Å². The van der Waals surface area contributed by atoms with E-state index in [1.807, 2.05) is 26.0 Å². The molecule has 6 rings (SSSR count). The minimum Gasteiger partial charge on any atom is -0.481 e. The maximum atomic E-state index is 13.3. The average molecular weight is 921 g/mol. The number of amides is 2. The summed E-state index contributed by atoms with van der Waals surface area (Å²) in [6, 6.07) is 26.0. The number of hydrogen-bond donors (Lipinski definition) is 4. The van der Waals surface area contributed by atoms with Crippen molar-refractivity contribution < 1.29 is 49.1 Å². The predicted molar refractivity (Wildman–Crippen MR) is 234 cm³/mol. The molecule has 8 atom stereocenters. The second kappa shape index (κ2) is 22.7. The van der Waals surface area contributed by atoms with Crippen LogP contribution in [0.2, 0.25) is 20.1 Å². The van der Waals surface area contributed by atoms with Gasteiger partial charge < -0.3 is 39.7 Å². The van der Waals surface area contributed by atoms with Gasteiger partial charge in [0, 0.05) is 20.1 Å². The third kappa shape index (κ3) is 12.0. The molecule has 4 aromatic carbocycles. The van der Waals surface area contributed by atoms with Crippen LogP contribution in [0.4, 0.5) is 0 Å². The summed E-state index contributed by atoms with van der Waals surface area (Å²) >= 11 is 24.5. The highest BCUT2D eigenvalue weighted by Crippen LogP contribution is 2.46. The number of carboxylic acids is 2. The molecule has 2 fully saturated rings. The summed E-state index contributed by atoms with van der Waals surface area (Å²) in [5.41, 5.74) is 2.95. The van der Waals surface area contributed by atoms with Gasteiger partial charge in [0.25, 0.3) is 11.8 Å². The van der Waals surface area contributed by atoms with E-state index in [0.717, 1.165) is 11.1 Å². The number of carbonyl (C=O) groups is 4. The van der Waals surface area contributed by atoms with Crippen LogP contribution in [0.1, 0.15) is 93.5 Å². The maximum Gasteiger partial charge on any atom is 0.306 e. The van der Waals surface area contributed by atoms with E-state index < -0.39 is 85.2 Å². The summed E-state index contributed by atoms with van der Waals surface area (Å²) < 4.78 is 12.1. The fourth-order valence-corrected chi connectivity index (χ4v) is 8.28. The van der Waals surface area contributed by atoms with Crippen LogP contribution in [0, 0.1) is 0 Å². The molecule has 4 aromatic rings. The summed E-state index contributed by atoms with van der Waals surface area (Å²) in [6.07, 6.45) is -3.64. The van der Waals surface area contributed by atoms with Crippen LogP contribution in [0.15, 0.2) is 97.1 Å². The van der Waals surface area contributed by atoms with E-state index in [9.17, 15) is 39.6 Å². The number of carbonyl (C=O) groups excluding carboxylic acids is 2. The number of halogens is 4. The minimum absolute atomic E-state index is 0. The van der Waals surface area contributed by atoms with Gasteiger partial charge in [-0.15, -0.1) is 0 Å². The zero-order valence-corrected chi connectivity index (χ0v) is 35.8. The van der Waals surface area contributed by atoms with Crippen LogP contribution in [-0.4, -0.2) is 91.5 Å².